The predicted octanol–water partition coefficient (Wildman–Crippen LogP) is 0.687. The van der Waals surface area contributed by atoms with Crippen molar-refractivity contribution in [3.63, 3.8) is 0 Å². The van der Waals surface area contributed by atoms with E-state index in [1.165, 1.54) is 0 Å². The number of rotatable bonds is 4. The van der Waals surface area contributed by atoms with Gasteiger partial charge >= 0.3 is 11.7 Å². The first kappa shape index (κ1) is 13.5. The van der Waals surface area contributed by atoms with Gasteiger partial charge in [0.2, 0.25) is 5.82 Å². The molecule has 0 aliphatic heterocycles. The van der Waals surface area contributed by atoms with E-state index in [0.717, 1.165) is 0 Å². The van der Waals surface area contributed by atoms with Gasteiger partial charge in [-0.05, 0) is 0 Å². The lowest BCUT2D eigenvalue weighted by molar-refractivity contribution is -0.387. The minimum absolute atomic E-state index is 0.188. The summed E-state index contributed by atoms with van der Waals surface area (Å²) in [6.07, 6.45) is 0. The van der Waals surface area contributed by atoms with Crippen molar-refractivity contribution >= 4 is 17.6 Å². The number of aliphatic carboxylic acids is 1. The summed E-state index contributed by atoms with van der Waals surface area (Å²) in [6.45, 7) is -0.788. The SMILES string of the molecule is O=C(O)CNC(=O)c1cc([N+](=O)[O-])c(F)cc1F. The van der Waals surface area contributed by atoms with Crippen LogP contribution in [0.2, 0.25) is 0 Å². The van der Waals surface area contributed by atoms with Gasteiger partial charge in [0.15, 0.2) is 0 Å². The third kappa shape index (κ3) is 2.97. The van der Waals surface area contributed by atoms with Crippen LogP contribution in [0.3, 0.4) is 0 Å². The number of carbonyl (C=O) groups is 2. The van der Waals surface area contributed by atoms with Crippen LogP contribution >= 0.6 is 0 Å². The Labute approximate surface area is 98.2 Å². The molecular formula is C9H6F2N2O5. The number of nitrogens with zero attached hydrogens (tertiary/aromatic N) is 1. The van der Waals surface area contributed by atoms with E-state index in [1.807, 2.05) is 0 Å². The molecule has 1 rings (SSSR count). The molecule has 0 saturated heterocycles. The van der Waals surface area contributed by atoms with Crippen molar-refractivity contribution < 1.29 is 28.4 Å². The largest absolute Gasteiger partial charge is 0.480 e. The van der Waals surface area contributed by atoms with E-state index in [1.54, 1.807) is 5.32 Å². The summed E-state index contributed by atoms with van der Waals surface area (Å²) >= 11 is 0. The molecule has 1 amide bonds. The summed E-state index contributed by atoms with van der Waals surface area (Å²) in [5.74, 6) is -5.30. The van der Waals surface area contributed by atoms with Crippen LogP contribution in [0.1, 0.15) is 10.4 Å². The number of nitro benzene ring substituents is 1. The first-order chi connectivity index (χ1) is 8.32. The smallest absolute Gasteiger partial charge is 0.322 e. The minimum atomic E-state index is -1.42. The summed E-state index contributed by atoms with van der Waals surface area (Å²) in [5.41, 5.74) is -1.87. The van der Waals surface area contributed by atoms with Gasteiger partial charge in [-0.2, -0.15) is 4.39 Å². The first-order valence-electron chi connectivity index (χ1n) is 4.46. The lowest BCUT2D eigenvalue weighted by atomic mass is 10.1. The predicted molar refractivity (Wildman–Crippen MR) is 53.0 cm³/mol. The number of halogens is 2. The molecule has 0 unspecified atom stereocenters. The van der Waals surface area contributed by atoms with Crippen molar-refractivity contribution in [2.75, 3.05) is 6.54 Å². The Bertz CT molecular complexity index is 532. The second-order valence-electron chi connectivity index (χ2n) is 3.12. The molecule has 0 atom stereocenters. The summed E-state index contributed by atoms with van der Waals surface area (Å²) in [4.78, 5) is 30.7. The molecule has 0 bridgehead atoms. The van der Waals surface area contributed by atoms with Crippen LogP contribution in [0.4, 0.5) is 14.5 Å². The Hall–Kier alpha value is -2.58. The first-order valence-corrected chi connectivity index (χ1v) is 4.46. The van der Waals surface area contributed by atoms with Crippen LogP contribution in [0, 0.1) is 21.7 Å². The monoisotopic (exact) mass is 260 g/mol. The Morgan fingerprint density at radius 1 is 1.33 bits per heavy atom. The maximum Gasteiger partial charge on any atom is 0.322 e. The van der Waals surface area contributed by atoms with Crippen LogP contribution < -0.4 is 5.32 Å². The fourth-order valence-corrected chi connectivity index (χ4v) is 1.10. The highest BCUT2D eigenvalue weighted by Crippen LogP contribution is 2.21. The van der Waals surface area contributed by atoms with Crippen LogP contribution in [-0.4, -0.2) is 28.5 Å². The number of benzene rings is 1. The van der Waals surface area contributed by atoms with Crippen LogP contribution in [0.15, 0.2) is 12.1 Å². The third-order valence-electron chi connectivity index (χ3n) is 1.88. The molecule has 18 heavy (non-hydrogen) atoms. The van der Waals surface area contributed by atoms with Crippen molar-refractivity contribution in [2.45, 2.75) is 0 Å². The summed E-state index contributed by atoms with van der Waals surface area (Å²) in [5, 5.41) is 20.5. The van der Waals surface area contributed by atoms with E-state index in [-0.39, 0.29) is 6.07 Å². The highest BCUT2D eigenvalue weighted by atomic mass is 19.1. The van der Waals surface area contributed by atoms with Crippen LogP contribution in [-0.2, 0) is 4.79 Å². The molecule has 0 aliphatic carbocycles. The van der Waals surface area contributed by atoms with Gasteiger partial charge in [-0.1, -0.05) is 0 Å². The number of carboxylic acid groups (broad SMARTS) is 1. The zero-order valence-corrected chi connectivity index (χ0v) is 8.65. The van der Waals surface area contributed by atoms with E-state index in [2.05, 4.69) is 0 Å². The fraction of sp³-hybridized carbons (Fsp3) is 0.111. The van der Waals surface area contributed by atoms with Crippen molar-refractivity contribution in [3.05, 3.63) is 39.4 Å². The molecule has 0 aromatic heterocycles. The van der Waals surface area contributed by atoms with Crippen molar-refractivity contribution in [2.24, 2.45) is 0 Å². The normalized spacial score (nSPS) is 9.89. The number of carboxylic acids is 1. The molecule has 0 saturated carbocycles. The zero-order valence-electron chi connectivity index (χ0n) is 8.65. The number of hydrogen-bond donors (Lipinski definition) is 2. The average Bonchev–Trinajstić information content (AvgIpc) is 2.25. The molecule has 1 aromatic rings. The maximum atomic E-state index is 13.2. The van der Waals surface area contributed by atoms with E-state index in [9.17, 15) is 28.5 Å². The molecule has 7 nitrogen and oxygen atoms in total. The average molecular weight is 260 g/mol. The molecule has 1 aromatic carbocycles. The van der Waals surface area contributed by atoms with E-state index in [0.29, 0.717) is 6.07 Å². The maximum absolute atomic E-state index is 13.2. The second-order valence-corrected chi connectivity index (χ2v) is 3.12. The molecule has 0 aliphatic rings. The fourth-order valence-electron chi connectivity index (χ4n) is 1.10. The van der Waals surface area contributed by atoms with E-state index in [4.69, 9.17) is 5.11 Å². The molecule has 0 radical (unpaired) electrons. The van der Waals surface area contributed by atoms with Crippen LogP contribution in [0.5, 0.6) is 0 Å². The third-order valence-corrected chi connectivity index (χ3v) is 1.88. The quantitative estimate of drug-likeness (QED) is 0.611. The van der Waals surface area contributed by atoms with Crippen molar-refractivity contribution in [1.82, 2.24) is 5.32 Å². The molecule has 0 fully saturated rings. The Balaban J connectivity index is 3.08. The Morgan fingerprint density at radius 2 is 1.94 bits per heavy atom. The number of carbonyl (C=O) groups excluding carboxylic acids is 1. The molecule has 0 heterocycles. The number of nitro groups is 1. The standard InChI is InChI=1S/C9H6F2N2O5/c10-5-2-6(11)7(13(17)18)1-4(5)9(16)12-3-8(14)15/h1-2H,3H2,(H,12,16)(H,14,15). The molecular weight excluding hydrogens is 254 g/mol. The summed E-state index contributed by atoms with van der Waals surface area (Å²) in [6, 6.07) is 0.593. The Kier molecular flexibility index (Phi) is 3.87. The van der Waals surface area contributed by atoms with E-state index < -0.39 is 46.2 Å². The van der Waals surface area contributed by atoms with Gasteiger partial charge in [-0.3, -0.25) is 19.7 Å². The molecule has 96 valence electrons. The Morgan fingerprint density at radius 3 is 2.44 bits per heavy atom. The number of hydrogen-bond acceptors (Lipinski definition) is 4. The highest BCUT2D eigenvalue weighted by molar-refractivity contribution is 5.96. The van der Waals surface area contributed by atoms with Gasteiger partial charge in [-0.15, -0.1) is 0 Å². The molecule has 9 heteroatoms. The molecule has 0 spiro atoms. The number of nitrogens with one attached hydrogen (secondary N) is 1. The van der Waals surface area contributed by atoms with Crippen LogP contribution in [0.25, 0.3) is 0 Å². The van der Waals surface area contributed by atoms with Gasteiger partial charge in [0.05, 0.1) is 10.5 Å². The van der Waals surface area contributed by atoms with E-state index >= 15 is 0 Å². The molecule has 2 N–H and O–H groups in total. The lowest BCUT2D eigenvalue weighted by Gasteiger charge is -2.04. The van der Waals surface area contributed by atoms with Gasteiger partial charge in [0, 0.05) is 12.1 Å². The lowest BCUT2D eigenvalue weighted by Crippen LogP contribution is -2.30. The highest BCUT2D eigenvalue weighted by Gasteiger charge is 2.22. The van der Waals surface area contributed by atoms with Crippen molar-refractivity contribution in [3.8, 4) is 0 Å². The summed E-state index contributed by atoms with van der Waals surface area (Å²) < 4.78 is 26.1. The van der Waals surface area contributed by atoms with Gasteiger partial charge < -0.3 is 10.4 Å². The topological polar surface area (TPSA) is 110 Å². The minimum Gasteiger partial charge on any atom is -0.480 e. The van der Waals surface area contributed by atoms with Gasteiger partial charge in [-0.25, -0.2) is 4.39 Å². The number of amides is 1. The summed E-state index contributed by atoms with van der Waals surface area (Å²) in [7, 11) is 0. The van der Waals surface area contributed by atoms with Gasteiger partial charge in [0.25, 0.3) is 5.91 Å². The zero-order chi connectivity index (χ0) is 13.9. The van der Waals surface area contributed by atoms with Crippen molar-refractivity contribution in [1.29, 1.82) is 0 Å². The van der Waals surface area contributed by atoms with Gasteiger partial charge in [0.1, 0.15) is 12.4 Å². The second kappa shape index (κ2) is 5.17.